The van der Waals surface area contributed by atoms with E-state index in [1.165, 1.54) is 12.8 Å². The molecule has 0 spiro atoms. The minimum atomic E-state index is 0.00917. The van der Waals surface area contributed by atoms with Gasteiger partial charge >= 0.3 is 0 Å². The van der Waals surface area contributed by atoms with Gasteiger partial charge in [0.15, 0.2) is 0 Å². The van der Waals surface area contributed by atoms with E-state index in [-0.39, 0.29) is 11.4 Å². The third-order valence-electron chi connectivity index (χ3n) is 4.99. The van der Waals surface area contributed by atoms with Gasteiger partial charge in [-0.1, -0.05) is 31.5 Å². The highest BCUT2D eigenvalue weighted by Crippen LogP contribution is 2.42. The van der Waals surface area contributed by atoms with Gasteiger partial charge in [0.1, 0.15) is 0 Å². The molecule has 0 unspecified atom stereocenters. The first kappa shape index (κ1) is 13.6. The molecular formula is C17H24N2O. The second-order valence-electron chi connectivity index (χ2n) is 6.97. The topological polar surface area (TPSA) is 32.3 Å². The van der Waals surface area contributed by atoms with Crippen molar-refractivity contribution in [1.82, 2.24) is 10.4 Å². The molecule has 1 aliphatic carbocycles. The van der Waals surface area contributed by atoms with Gasteiger partial charge in [-0.05, 0) is 44.7 Å². The van der Waals surface area contributed by atoms with Gasteiger partial charge in [-0.3, -0.25) is 9.80 Å². The number of carbonyl (C=O) groups is 1. The molecule has 2 fully saturated rings. The summed E-state index contributed by atoms with van der Waals surface area (Å²) in [6.45, 7) is 6.74. The Bertz CT molecular complexity index is 497. The van der Waals surface area contributed by atoms with Crippen LogP contribution in [0.1, 0.15) is 50.4 Å². The highest BCUT2D eigenvalue weighted by molar-refractivity contribution is 5.94. The molecule has 0 radical (unpaired) electrons. The fraction of sp³-hybridized carbons (Fsp3) is 0.588. The first-order chi connectivity index (χ1) is 9.49. The van der Waals surface area contributed by atoms with Gasteiger partial charge in [0.25, 0.3) is 5.91 Å². The number of rotatable bonds is 1. The second kappa shape index (κ2) is 4.88. The van der Waals surface area contributed by atoms with E-state index in [4.69, 9.17) is 0 Å². The van der Waals surface area contributed by atoms with E-state index in [2.05, 4.69) is 26.2 Å². The number of nitrogens with one attached hydrogen (secondary N) is 1. The van der Waals surface area contributed by atoms with Crippen molar-refractivity contribution >= 4 is 5.91 Å². The monoisotopic (exact) mass is 272 g/mol. The van der Waals surface area contributed by atoms with E-state index in [9.17, 15) is 4.79 Å². The molecule has 108 valence electrons. The summed E-state index contributed by atoms with van der Waals surface area (Å²) in [6, 6.07) is 9.93. The molecule has 1 aromatic rings. The van der Waals surface area contributed by atoms with E-state index < -0.39 is 0 Å². The summed E-state index contributed by atoms with van der Waals surface area (Å²) in [4.78, 5) is 12.8. The SMILES string of the molecule is C[C@@H]1CC[C@@H]2[C@H](C1)N(C(=O)c1ccccc1)NC2(C)C. The van der Waals surface area contributed by atoms with Gasteiger partial charge in [-0.15, -0.1) is 0 Å². The summed E-state index contributed by atoms with van der Waals surface area (Å²) in [5, 5.41) is 1.91. The van der Waals surface area contributed by atoms with Crippen molar-refractivity contribution in [2.45, 2.75) is 51.6 Å². The van der Waals surface area contributed by atoms with E-state index in [0.29, 0.717) is 17.9 Å². The Labute approximate surface area is 121 Å². The van der Waals surface area contributed by atoms with Gasteiger partial charge in [0.2, 0.25) is 0 Å². The number of fused-ring (bicyclic) bond motifs is 1. The summed E-state index contributed by atoms with van der Waals surface area (Å²) in [6.07, 6.45) is 3.60. The molecule has 1 heterocycles. The average molecular weight is 272 g/mol. The van der Waals surface area contributed by atoms with Gasteiger partial charge in [0, 0.05) is 17.0 Å². The third kappa shape index (κ3) is 2.24. The minimum absolute atomic E-state index is 0.00917. The maximum Gasteiger partial charge on any atom is 0.268 e. The molecule has 1 saturated carbocycles. The second-order valence-corrected chi connectivity index (χ2v) is 6.97. The van der Waals surface area contributed by atoms with Crippen LogP contribution in [-0.4, -0.2) is 22.5 Å². The third-order valence-corrected chi connectivity index (χ3v) is 4.99. The molecule has 1 aromatic carbocycles. The molecule has 1 aliphatic heterocycles. The number of benzene rings is 1. The maximum atomic E-state index is 12.8. The van der Waals surface area contributed by atoms with Crippen molar-refractivity contribution in [3.63, 3.8) is 0 Å². The summed E-state index contributed by atoms with van der Waals surface area (Å²) in [5.41, 5.74) is 4.26. The quantitative estimate of drug-likeness (QED) is 0.851. The van der Waals surface area contributed by atoms with Crippen LogP contribution in [0.2, 0.25) is 0 Å². The van der Waals surface area contributed by atoms with Crippen molar-refractivity contribution in [2.75, 3.05) is 0 Å². The fourth-order valence-corrected chi connectivity index (χ4v) is 3.88. The first-order valence-electron chi connectivity index (χ1n) is 7.65. The lowest BCUT2D eigenvalue weighted by Crippen LogP contribution is -2.47. The fourth-order valence-electron chi connectivity index (χ4n) is 3.88. The van der Waals surface area contributed by atoms with Crippen molar-refractivity contribution in [3.8, 4) is 0 Å². The molecule has 0 bridgehead atoms. The Morgan fingerprint density at radius 3 is 2.65 bits per heavy atom. The number of amides is 1. The lowest BCUT2D eigenvalue weighted by atomic mass is 9.72. The van der Waals surface area contributed by atoms with Gasteiger partial charge in [0.05, 0.1) is 6.04 Å². The molecule has 20 heavy (non-hydrogen) atoms. The summed E-state index contributed by atoms with van der Waals surface area (Å²) in [7, 11) is 0. The van der Waals surface area contributed by atoms with Crippen LogP contribution in [-0.2, 0) is 0 Å². The Morgan fingerprint density at radius 1 is 1.25 bits per heavy atom. The Kier molecular flexibility index (Phi) is 3.33. The van der Waals surface area contributed by atoms with Crippen LogP contribution in [0, 0.1) is 11.8 Å². The lowest BCUT2D eigenvalue weighted by molar-refractivity contribution is 0.0566. The van der Waals surface area contributed by atoms with E-state index >= 15 is 0 Å². The highest BCUT2D eigenvalue weighted by Gasteiger charge is 2.50. The smallest absolute Gasteiger partial charge is 0.268 e. The standard InChI is InChI=1S/C17H24N2O/c1-12-9-10-14-15(11-12)19(18-17(14,2)3)16(20)13-7-5-4-6-8-13/h4-8,12,14-15,18H,9-11H2,1-3H3/t12-,14-,15+/m1/s1. The zero-order valence-electron chi connectivity index (χ0n) is 12.6. The predicted molar refractivity (Wildman–Crippen MR) is 80.1 cm³/mol. The van der Waals surface area contributed by atoms with E-state index in [1.54, 1.807) is 0 Å². The molecule has 1 saturated heterocycles. The van der Waals surface area contributed by atoms with Crippen molar-refractivity contribution < 1.29 is 4.79 Å². The molecular weight excluding hydrogens is 248 g/mol. The normalized spacial score (nSPS) is 31.9. The van der Waals surface area contributed by atoms with Crippen LogP contribution >= 0.6 is 0 Å². The summed E-state index contributed by atoms with van der Waals surface area (Å²) in [5.74, 6) is 1.38. The average Bonchev–Trinajstić information content (AvgIpc) is 2.70. The van der Waals surface area contributed by atoms with Crippen LogP contribution in [0.15, 0.2) is 30.3 Å². The molecule has 1 amide bonds. The number of hydrogen-bond donors (Lipinski definition) is 1. The molecule has 3 nitrogen and oxygen atoms in total. The Morgan fingerprint density at radius 2 is 1.95 bits per heavy atom. The lowest BCUT2D eigenvalue weighted by Gasteiger charge is -2.35. The number of hydrazine groups is 1. The Balaban J connectivity index is 1.88. The van der Waals surface area contributed by atoms with Crippen LogP contribution in [0.4, 0.5) is 0 Å². The minimum Gasteiger partial charge on any atom is -0.270 e. The first-order valence-corrected chi connectivity index (χ1v) is 7.65. The van der Waals surface area contributed by atoms with Crippen molar-refractivity contribution in [3.05, 3.63) is 35.9 Å². The van der Waals surface area contributed by atoms with Crippen LogP contribution in [0.3, 0.4) is 0 Å². The zero-order chi connectivity index (χ0) is 14.3. The van der Waals surface area contributed by atoms with Crippen LogP contribution in [0.25, 0.3) is 0 Å². The molecule has 3 heteroatoms. The molecule has 3 rings (SSSR count). The Hall–Kier alpha value is -1.35. The molecule has 3 atom stereocenters. The zero-order valence-corrected chi connectivity index (χ0v) is 12.6. The molecule has 1 N–H and O–H groups in total. The van der Waals surface area contributed by atoms with Gasteiger partial charge < -0.3 is 0 Å². The van der Waals surface area contributed by atoms with E-state index in [0.717, 1.165) is 12.0 Å². The number of hydrogen-bond acceptors (Lipinski definition) is 2. The van der Waals surface area contributed by atoms with Crippen LogP contribution in [0.5, 0.6) is 0 Å². The predicted octanol–water partition coefficient (Wildman–Crippen LogP) is 3.23. The van der Waals surface area contributed by atoms with Gasteiger partial charge in [-0.2, -0.15) is 0 Å². The largest absolute Gasteiger partial charge is 0.270 e. The summed E-state index contributed by atoms with van der Waals surface area (Å²) < 4.78 is 0. The number of carbonyl (C=O) groups excluding carboxylic acids is 1. The van der Waals surface area contributed by atoms with Crippen molar-refractivity contribution in [1.29, 1.82) is 0 Å². The highest BCUT2D eigenvalue weighted by atomic mass is 16.2. The van der Waals surface area contributed by atoms with Gasteiger partial charge in [-0.25, -0.2) is 5.43 Å². The summed E-state index contributed by atoms with van der Waals surface area (Å²) >= 11 is 0. The number of nitrogens with zero attached hydrogens (tertiary/aromatic N) is 1. The molecule has 2 aliphatic rings. The maximum absolute atomic E-state index is 12.8. The van der Waals surface area contributed by atoms with Crippen molar-refractivity contribution in [2.24, 2.45) is 11.8 Å². The molecule has 0 aromatic heterocycles. The van der Waals surface area contributed by atoms with Crippen LogP contribution < -0.4 is 5.43 Å². The van der Waals surface area contributed by atoms with E-state index in [1.807, 2.05) is 35.3 Å².